The number of para-hydroxylation sites is 1. The number of rotatable bonds is 4. The first kappa shape index (κ1) is 14.4. The molecule has 24 heavy (non-hydrogen) atoms. The van der Waals surface area contributed by atoms with E-state index in [4.69, 9.17) is 0 Å². The fourth-order valence-electron chi connectivity index (χ4n) is 2.48. The van der Waals surface area contributed by atoms with E-state index in [0.29, 0.717) is 5.92 Å². The zero-order chi connectivity index (χ0) is 16.5. The molecule has 1 amide bonds. The fraction of sp³-hybridized carbons (Fsp3) is 0.176. The lowest BCUT2D eigenvalue weighted by molar-refractivity contribution is 0.101. The van der Waals surface area contributed by atoms with Crippen LogP contribution in [-0.2, 0) is 0 Å². The molecule has 0 spiro atoms. The summed E-state index contributed by atoms with van der Waals surface area (Å²) in [4.78, 5) is 31.0. The van der Waals surface area contributed by atoms with Gasteiger partial charge in [-0.05, 0) is 37.1 Å². The van der Waals surface area contributed by atoms with Gasteiger partial charge in [0.1, 0.15) is 11.5 Å². The van der Waals surface area contributed by atoms with Crippen molar-refractivity contribution in [2.24, 2.45) is 0 Å². The smallest absolute Gasteiger partial charge is 0.295 e. The van der Waals surface area contributed by atoms with Gasteiger partial charge in [-0.25, -0.2) is 9.67 Å². The summed E-state index contributed by atoms with van der Waals surface area (Å²) in [7, 11) is 0. The summed E-state index contributed by atoms with van der Waals surface area (Å²) in [6, 6.07) is 12.8. The van der Waals surface area contributed by atoms with Crippen molar-refractivity contribution < 1.29 is 4.79 Å². The van der Waals surface area contributed by atoms with Crippen molar-refractivity contribution in [3.05, 3.63) is 70.7 Å². The van der Waals surface area contributed by atoms with Gasteiger partial charge in [0.2, 0.25) is 5.82 Å². The van der Waals surface area contributed by atoms with E-state index >= 15 is 0 Å². The van der Waals surface area contributed by atoms with Gasteiger partial charge in [0, 0.05) is 12.1 Å². The van der Waals surface area contributed by atoms with Crippen LogP contribution in [0.5, 0.6) is 0 Å². The van der Waals surface area contributed by atoms with Crippen molar-refractivity contribution in [2.45, 2.75) is 18.8 Å². The number of pyridine rings is 1. The van der Waals surface area contributed by atoms with E-state index in [0.717, 1.165) is 24.4 Å². The van der Waals surface area contributed by atoms with Crippen LogP contribution in [0.4, 0.5) is 5.69 Å². The first-order valence-corrected chi connectivity index (χ1v) is 7.74. The molecule has 0 saturated heterocycles. The van der Waals surface area contributed by atoms with E-state index in [1.807, 2.05) is 30.3 Å². The van der Waals surface area contributed by atoms with Crippen LogP contribution < -0.4 is 10.9 Å². The largest absolute Gasteiger partial charge is 0.327 e. The van der Waals surface area contributed by atoms with Crippen LogP contribution in [-0.4, -0.2) is 25.7 Å². The number of nitrogens with one attached hydrogen (secondary N) is 2. The third kappa shape index (κ3) is 2.71. The van der Waals surface area contributed by atoms with Gasteiger partial charge < -0.3 is 10.3 Å². The molecule has 4 rings (SSSR count). The summed E-state index contributed by atoms with van der Waals surface area (Å²) >= 11 is 0. The lowest BCUT2D eigenvalue weighted by atomic mass is 10.3. The summed E-state index contributed by atoms with van der Waals surface area (Å²) in [5, 5.41) is 6.91. The number of aromatic nitrogens is 4. The lowest BCUT2D eigenvalue weighted by Crippen LogP contribution is -2.20. The molecule has 7 heteroatoms. The Morgan fingerprint density at radius 2 is 1.96 bits per heavy atom. The fourth-order valence-corrected chi connectivity index (χ4v) is 2.48. The van der Waals surface area contributed by atoms with Crippen molar-refractivity contribution in [1.29, 1.82) is 0 Å². The van der Waals surface area contributed by atoms with Crippen LogP contribution in [0, 0.1) is 0 Å². The number of nitrogens with zero attached hydrogens (tertiary/aromatic N) is 3. The van der Waals surface area contributed by atoms with E-state index < -0.39 is 5.91 Å². The lowest BCUT2D eigenvalue weighted by Gasteiger charge is -2.03. The Hall–Kier alpha value is -3.22. The highest BCUT2D eigenvalue weighted by Crippen LogP contribution is 2.39. The normalized spacial score (nSPS) is 13.7. The molecule has 2 heterocycles. The number of amides is 1. The molecule has 0 bridgehead atoms. The molecule has 1 aliphatic rings. The Morgan fingerprint density at radius 1 is 1.17 bits per heavy atom. The highest BCUT2D eigenvalue weighted by atomic mass is 16.2. The number of carbonyl (C=O) groups excluding carboxylic acids is 1. The maximum absolute atomic E-state index is 12.4. The minimum atomic E-state index is -0.497. The molecule has 1 aromatic carbocycles. The van der Waals surface area contributed by atoms with Crippen LogP contribution in [0.25, 0.3) is 5.69 Å². The molecule has 7 nitrogen and oxygen atoms in total. The number of H-pyrrole nitrogens is 1. The molecule has 1 aliphatic carbocycles. The predicted molar refractivity (Wildman–Crippen MR) is 88.3 cm³/mol. The summed E-state index contributed by atoms with van der Waals surface area (Å²) in [6.07, 6.45) is 3.60. The number of carbonyl (C=O) groups is 1. The van der Waals surface area contributed by atoms with E-state index in [1.54, 1.807) is 10.7 Å². The molecule has 2 N–H and O–H groups in total. The third-order valence-corrected chi connectivity index (χ3v) is 3.84. The summed E-state index contributed by atoms with van der Waals surface area (Å²) in [5.74, 6) is 0.681. The number of anilines is 1. The Bertz CT molecular complexity index is 941. The van der Waals surface area contributed by atoms with Crippen LogP contribution in [0.1, 0.15) is 35.2 Å². The van der Waals surface area contributed by atoms with Gasteiger partial charge >= 0.3 is 0 Å². The SMILES string of the molecule is O=C(Nc1ccc[nH]c1=O)c1nc(C2CC2)n(-c2ccccc2)n1. The number of benzene rings is 1. The summed E-state index contributed by atoms with van der Waals surface area (Å²) in [6.45, 7) is 0. The van der Waals surface area contributed by atoms with Crippen molar-refractivity contribution in [1.82, 2.24) is 19.7 Å². The quantitative estimate of drug-likeness (QED) is 0.769. The second-order valence-electron chi connectivity index (χ2n) is 5.68. The van der Waals surface area contributed by atoms with E-state index in [9.17, 15) is 9.59 Å². The third-order valence-electron chi connectivity index (χ3n) is 3.84. The topological polar surface area (TPSA) is 92.7 Å². The highest BCUT2D eigenvalue weighted by molar-refractivity contribution is 6.01. The van der Waals surface area contributed by atoms with Crippen molar-refractivity contribution in [3.63, 3.8) is 0 Å². The van der Waals surface area contributed by atoms with Gasteiger partial charge in [0.25, 0.3) is 11.5 Å². The first-order chi connectivity index (χ1) is 11.7. The van der Waals surface area contributed by atoms with E-state index in [-0.39, 0.29) is 17.1 Å². The molecule has 2 aromatic heterocycles. The standard InChI is InChI=1S/C17H15N5O2/c23-16-13(7-4-10-18-16)19-17(24)14-20-15(11-8-9-11)22(21-14)12-5-2-1-3-6-12/h1-7,10-11H,8-9H2,(H,18,23)(H,19,24). The summed E-state index contributed by atoms with van der Waals surface area (Å²) < 4.78 is 1.71. The van der Waals surface area contributed by atoms with Gasteiger partial charge in [0.15, 0.2) is 0 Å². The molecule has 3 aromatic rings. The number of hydrogen-bond acceptors (Lipinski definition) is 4. The monoisotopic (exact) mass is 321 g/mol. The molecular formula is C17H15N5O2. The highest BCUT2D eigenvalue weighted by Gasteiger charge is 2.31. The zero-order valence-corrected chi connectivity index (χ0v) is 12.8. The molecule has 0 unspecified atom stereocenters. The number of aromatic amines is 1. The Balaban J connectivity index is 1.68. The summed E-state index contributed by atoms with van der Waals surface area (Å²) in [5.41, 5.74) is 0.672. The van der Waals surface area contributed by atoms with Gasteiger partial charge in [0.05, 0.1) is 5.69 Å². The maximum Gasteiger partial charge on any atom is 0.295 e. The van der Waals surface area contributed by atoms with E-state index in [2.05, 4.69) is 20.4 Å². The van der Waals surface area contributed by atoms with Gasteiger partial charge in [-0.2, -0.15) is 0 Å². The first-order valence-electron chi connectivity index (χ1n) is 7.74. The van der Waals surface area contributed by atoms with Crippen molar-refractivity contribution in [3.8, 4) is 5.69 Å². The van der Waals surface area contributed by atoms with Crippen LogP contribution >= 0.6 is 0 Å². The molecule has 1 saturated carbocycles. The molecular weight excluding hydrogens is 306 g/mol. The molecule has 1 fully saturated rings. The van der Waals surface area contributed by atoms with Crippen molar-refractivity contribution >= 4 is 11.6 Å². The Morgan fingerprint density at radius 3 is 2.67 bits per heavy atom. The van der Waals surface area contributed by atoms with Crippen LogP contribution in [0.3, 0.4) is 0 Å². The second-order valence-corrected chi connectivity index (χ2v) is 5.68. The second kappa shape index (κ2) is 5.77. The molecule has 0 radical (unpaired) electrons. The van der Waals surface area contributed by atoms with Gasteiger partial charge in [-0.3, -0.25) is 9.59 Å². The number of hydrogen-bond donors (Lipinski definition) is 2. The molecule has 0 aliphatic heterocycles. The minimum absolute atomic E-state index is 0.0593. The Labute approximate surface area is 137 Å². The Kier molecular flexibility index (Phi) is 3.45. The van der Waals surface area contributed by atoms with E-state index in [1.165, 1.54) is 12.3 Å². The average molecular weight is 321 g/mol. The van der Waals surface area contributed by atoms with Crippen LogP contribution in [0.15, 0.2) is 53.5 Å². The van der Waals surface area contributed by atoms with Crippen molar-refractivity contribution in [2.75, 3.05) is 5.32 Å². The molecule has 0 atom stereocenters. The zero-order valence-electron chi connectivity index (χ0n) is 12.8. The molecule has 120 valence electrons. The maximum atomic E-state index is 12.4. The van der Waals surface area contributed by atoms with Gasteiger partial charge in [-0.1, -0.05) is 18.2 Å². The van der Waals surface area contributed by atoms with Crippen LogP contribution in [0.2, 0.25) is 0 Å². The predicted octanol–water partition coefficient (Wildman–Crippen LogP) is 2.09. The average Bonchev–Trinajstić information content (AvgIpc) is 3.36. The van der Waals surface area contributed by atoms with Gasteiger partial charge in [-0.15, -0.1) is 5.10 Å². The minimum Gasteiger partial charge on any atom is -0.327 e.